The number of hydrogen-bond donors (Lipinski definition) is 2. The zero-order valence-electron chi connectivity index (χ0n) is 8.19. The zero-order valence-corrected chi connectivity index (χ0v) is 8.19. The van der Waals surface area contributed by atoms with Gasteiger partial charge in [-0.1, -0.05) is 6.07 Å². The number of nitrogens with zero attached hydrogens (tertiary/aromatic N) is 1. The van der Waals surface area contributed by atoms with Crippen molar-refractivity contribution in [1.29, 1.82) is 0 Å². The lowest BCUT2D eigenvalue weighted by atomic mass is 9.96. The summed E-state index contributed by atoms with van der Waals surface area (Å²) in [6.45, 7) is 3.06. The maximum atomic E-state index is 10.7. The van der Waals surface area contributed by atoms with E-state index in [9.17, 15) is 9.90 Å². The monoisotopic (exact) mass is 195 g/mol. The Balaban J connectivity index is 2.89. The van der Waals surface area contributed by atoms with Gasteiger partial charge < -0.3 is 10.2 Å². The number of carboxylic acids is 1. The number of aliphatic hydroxyl groups is 1. The third-order valence-electron chi connectivity index (χ3n) is 2.11. The van der Waals surface area contributed by atoms with Crippen molar-refractivity contribution in [2.24, 2.45) is 0 Å². The second-order valence-electron chi connectivity index (χ2n) is 3.50. The first-order valence-electron chi connectivity index (χ1n) is 4.30. The second-order valence-corrected chi connectivity index (χ2v) is 3.50. The molecule has 0 spiro atoms. The number of aromatic nitrogens is 1. The Hall–Kier alpha value is -1.42. The highest BCUT2D eigenvalue weighted by Crippen LogP contribution is 2.15. The largest absolute Gasteiger partial charge is 0.479 e. The summed E-state index contributed by atoms with van der Waals surface area (Å²) in [4.78, 5) is 14.7. The Morgan fingerprint density at radius 1 is 1.64 bits per heavy atom. The third kappa shape index (κ3) is 2.29. The molecule has 1 heterocycles. The summed E-state index contributed by atoms with van der Waals surface area (Å²) in [6, 6.07) is 3.49. The molecule has 0 amide bonds. The SMILES string of the molecule is Cc1ncccc1CC(C)(O)C(=O)O. The topological polar surface area (TPSA) is 70.4 Å². The molecule has 4 nitrogen and oxygen atoms in total. The van der Waals surface area contributed by atoms with Crippen molar-refractivity contribution in [3.8, 4) is 0 Å². The van der Waals surface area contributed by atoms with E-state index in [1.807, 2.05) is 0 Å². The van der Waals surface area contributed by atoms with Crippen LogP contribution in [0.15, 0.2) is 18.3 Å². The fraction of sp³-hybridized carbons (Fsp3) is 0.400. The van der Waals surface area contributed by atoms with Gasteiger partial charge in [0.1, 0.15) is 0 Å². The summed E-state index contributed by atoms with van der Waals surface area (Å²) in [6.07, 6.45) is 1.70. The molecule has 0 saturated carbocycles. The first kappa shape index (κ1) is 10.7. The summed E-state index contributed by atoms with van der Waals surface area (Å²) in [7, 11) is 0. The fourth-order valence-electron chi connectivity index (χ4n) is 1.15. The Kier molecular flexibility index (Phi) is 2.86. The van der Waals surface area contributed by atoms with Crippen LogP contribution in [0.2, 0.25) is 0 Å². The zero-order chi connectivity index (χ0) is 10.8. The minimum atomic E-state index is -1.73. The molecular weight excluding hydrogens is 182 g/mol. The maximum Gasteiger partial charge on any atom is 0.335 e. The van der Waals surface area contributed by atoms with Crippen molar-refractivity contribution in [2.45, 2.75) is 25.9 Å². The van der Waals surface area contributed by atoms with Crippen molar-refractivity contribution in [2.75, 3.05) is 0 Å². The number of aliphatic carboxylic acids is 1. The van der Waals surface area contributed by atoms with E-state index in [1.165, 1.54) is 6.92 Å². The third-order valence-corrected chi connectivity index (χ3v) is 2.11. The van der Waals surface area contributed by atoms with E-state index in [1.54, 1.807) is 25.3 Å². The van der Waals surface area contributed by atoms with Crippen LogP contribution in [-0.4, -0.2) is 26.8 Å². The van der Waals surface area contributed by atoms with E-state index in [0.29, 0.717) is 0 Å². The van der Waals surface area contributed by atoms with Gasteiger partial charge in [0, 0.05) is 18.3 Å². The molecule has 0 aliphatic carbocycles. The average Bonchev–Trinajstić information content (AvgIpc) is 2.08. The molecule has 0 aliphatic rings. The molecule has 2 N–H and O–H groups in total. The second kappa shape index (κ2) is 3.75. The Bertz CT molecular complexity index is 347. The molecule has 4 heteroatoms. The number of pyridine rings is 1. The Morgan fingerprint density at radius 2 is 2.29 bits per heavy atom. The normalized spacial score (nSPS) is 14.8. The number of hydrogen-bond acceptors (Lipinski definition) is 3. The van der Waals surface area contributed by atoms with Crippen molar-refractivity contribution < 1.29 is 15.0 Å². The van der Waals surface area contributed by atoms with E-state index in [-0.39, 0.29) is 6.42 Å². The average molecular weight is 195 g/mol. The number of rotatable bonds is 3. The van der Waals surface area contributed by atoms with Gasteiger partial charge in [-0.15, -0.1) is 0 Å². The fourth-order valence-corrected chi connectivity index (χ4v) is 1.15. The summed E-state index contributed by atoms with van der Waals surface area (Å²) < 4.78 is 0. The van der Waals surface area contributed by atoms with E-state index in [2.05, 4.69) is 4.98 Å². The van der Waals surface area contributed by atoms with Crippen LogP contribution in [0.5, 0.6) is 0 Å². The van der Waals surface area contributed by atoms with Gasteiger partial charge in [0.15, 0.2) is 5.60 Å². The molecule has 0 fully saturated rings. The van der Waals surface area contributed by atoms with Gasteiger partial charge in [-0.3, -0.25) is 4.98 Å². The highest BCUT2D eigenvalue weighted by Gasteiger charge is 2.30. The minimum Gasteiger partial charge on any atom is -0.479 e. The highest BCUT2D eigenvalue weighted by molar-refractivity contribution is 5.77. The molecule has 14 heavy (non-hydrogen) atoms. The predicted octanol–water partition coefficient (Wildman–Crippen LogP) is 0.768. The van der Waals surface area contributed by atoms with Crippen molar-refractivity contribution in [1.82, 2.24) is 4.98 Å². The molecule has 1 unspecified atom stereocenters. The van der Waals surface area contributed by atoms with E-state index < -0.39 is 11.6 Å². The first-order chi connectivity index (χ1) is 6.43. The molecule has 1 rings (SSSR count). The summed E-state index contributed by atoms with van der Waals surface area (Å²) in [5.74, 6) is -1.22. The van der Waals surface area contributed by atoms with Crippen LogP contribution < -0.4 is 0 Å². The van der Waals surface area contributed by atoms with Crippen LogP contribution in [0.3, 0.4) is 0 Å². The molecular formula is C10H13NO3. The van der Waals surface area contributed by atoms with Crippen LogP contribution in [-0.2, 0) is 11.2 Å². The highest BCUT2D eigenvalue weighted by atomic mass is 16.4. The van der Waals surface area contributed by atoms with Crippen molar-refractivity contribution in [3.05, 3.63) is 29.6 Å². The molecule has 1 atom stereocenters. The van der Waals surface area contributed by atoms with E-state index >= 15 is 0 Å². The predicted molar refractivity (Wildman–Crippen MR) is 50.9 cm³/mol. The van der Waals surface area contributed by atoms with Crippen LogP contribution in [0.1, 0.15) is 18.2 Å². The van der Waals surface area contributed by atoms with E-state index in [0.717, 1.165) is 11.3 Å². The van der Waals surface area contributed by atoms with Crippen LogP contribution in [0.25, 0.3) is 0 Å². The summed E-state index contributed by atoms with van der Waals surface area (Å²) >= 11 is 0. The van der Waals surface area contributed by atoms with Gasteiger partial charge in [0.25, 0.3) is 0 Å². The van der Waals surface area contributed by atoms with Gasteiger partial charge in [-0.05, 0) is 25.5 Å². The number of carbonyl (C=O) groups is 1. The van der Waals surface area contributed by atoms with Gasteiger partial charge in [-0.25, -0.2) is 4.79 Å². The lowest BCUT2D eigenvalue weighted by Gasteiger charge is -2.18. The van der Waals surface area contributed by atoms with Gasteiger partial charge >= 0.3 is 5.97 Å². The lowest BCUT2D eigenvalue weighted by molar-refractivity contribution is -0.156. The molecule has 0 bridgehead atoms. The Morgan fingerprint density at radius 3 is 2.79 bits per heavy atom. The van der Waals surface area contributed by atoms with Gasteiger partial charge in [0.2, 0.25) is 0 Å². The van der Waals surface area contributed by atoms with Crippen molar-refractivity contribution >= 4 is 5.97 Å². The quantitative estimate of drug-likeness (QED) is 0.747. The van der Waals surface area contributed by atoms with E-state index in [4.69, 9.17) is 5.11 Å². The minimum absolute atomic E-state index is 0.0714. The molecule has 0 saturated heterocycles. The smallest absolute Gasteiger partial charge is 0.335 e. The Labute approximate surface area is 82.2 Å². The molecule has 1 aromatic rings. The van der Waals surface area contributed by atoms with Crippen LogP contribution in [0.4, 0.5) is 0 Å². The number of carboxylic acid groups (broad SMARTS) is 1. The van der Waals surface area contributed by atoms with Crippen LogP contribution in [0, 0.1) is 6.92 Å². The maximum absolute atomic E-state index is 10.7. The lowest BCUT2D eigenvalue weighted by Crippen LogP contribution is -2.37. The summed E-state index contributed by atoms with van der Waals surface area (Å²) in [5, 5.41) is 18.3. The molecule has 0 aliphatic heterocycles. The van der Waals surface area contributed by atoms with Crippen LogP contribution >= 0.6 is 0 Å². The van der Waals surface area contributed by atoms with Crippen molar-refractivity contribution in [3.63, 3.8) is 0 Å². The molecule has 0 radical (unpaired) electrons. The molecule has 0 aromatic carbocycles. The van der Waals surface area contributed by atoms with Gasteiger partial charge in [0.05, 0.1) is 0 Å². The standard InChI is InChI=1S/C10H13NO3/c1-7-8(4-3-5-11-7)6-10(2,14)9(12)13/h3-5,14H,6H2,1-2H3,(H,12,13). The molecule has 1 aromatic heterocycles. The first-order valence-corrected chi connectivity index (χ1v) is 4.30. The summed E-state index contributed by atoms with van der Waals surface area (Å²) in [5.41, 5.74) is -0.234. The molecule has 76 valence electrons. The van der Waals surface area contributed by atoms with Gasteiger partial charge in [-0.2, -0.15) is 0 Å². The number of aryl methyl sites for hydroxylation is 1.